The first-order chi connectivity index (χ1) is 25.5. The Kier molecular flexibility index (Phi) is 39.1. The van der Waals surface area contributed by atoms with Gasteiger partial charge in [0, 0.05) is 19.3 Å². The minimum atomic E-state index is -0.803. The third kappa shape index (κ3) is 38.6. The van der Waals surface area contributed by atoms with E-state index < -0.39 is 12.1 Å². The maximum atomic E-state index is 12.6. The summed E-state index contributed by atoms with van der Waals surface area (Å²) in [4.78, 5) is 37.5. The second kappa shape index (κ2) is 41.1. The van der Waals surface area contributed by atoms with Crippen LogP contribution >= 0.6 is 0 Å². The third-order valence-corrected chi connectivity index (χ3v) is 9.11. The highest BCUT2D eigenvalue weighted by Crippen LogP contribution is 2.14. The number of ether oxygens (including phenoxy) is 3. The number of rotatable bonds is 38. The third-order valence-electron chi connectivity index (χ3n) is 9.11. The molecule has 0 aromatic heterocycles. The van der Waals surface area contributed by atoms with Gasteiger partial charge in [0.2, 0.25) is 0 Å². The van der Waals surface area contributed by atoms with Crippen molar-refractivity contribution in [2.24, 2.45) is 0 Å². The molecule has 0 aliphatic carbocycles. The lowest BCUT2D eigenvalue weighted by molar-refractivity contribution is -0.166. The molecule has 0 bridgehead atoms. The summed E-state index contributed by atoms with van der Waals surface area (Å²) < 4.78 is 16.5. The van der Waals surface area contributed by atoms with Gasteiger partial charge in [0.1, 0.15) is 13.2 Å². The summed E-state index contributed by atoms with van der Waals surface area (Å²) in [7, 11) is 0. The van der Waals surface area contributed by atoms with Gasteiger partial charge in [0.25, 0.3) is 0 Å². The molecule has 0 heterocycles. The fourth-order valence-electron chi connectivity index (χ4n) is 5.87. The van der Waals surface area contributed by atoms with E-state index in [9.17, 15) is 14.4 Å². The van der Waals surface area contributed by atoms with E-state index in [1.165, 1.54) is 96.3 Å². The van der Waals surface area contributed by atoms with Gasteiger partial charge in [-0.2, -0.15) is 0 Å². The fraction of sp³-hybridized carbons (Fsp3) is 0.761. The molecule has 300 valence electrons. The molecule has 0 saturated carbocycles. The highest BCUT2D eigenvalue weighted by atomic mass is 16.6. The predicted octanol–water partition coefficient (Wildman–Crippen LogP) is 13.6. The van der Waals surface area contributed by atoms with Crippen molar-refractivity contribution in [1.29, 1.82) is 0 Å². The summed E-state index contributed by atoms with van der Waals surface area (Å²) in [6, 6.07) is 0. The molecule has 0 aliphatic rings. The van der Waals surface area contributed by atoms with Crippen LogP contribution in [0.1, 0.15) is 207 Å². The van der Waals surface area contributed by atoms with Crippen molar-refractivity contribution in [1.82, 2.24) is 0 Å². The van der Waals surface area contributed by atoms with Crippen LogP contribution in [0.3, 0.4) is 0 Å². The van der Waals surface area contributed by atoms with E-state index in [1.807, 2.05) is 12.2 Å². The normalized spacial score (nSPS) is 12.4. The van der Waals surface area contributed by atoms with Crippen molar-refractivity contribution in [3.05, 3.63) is 48.6 Å². The molecule has 0 N–H and O–H groups in total. The first-order valence-corrected chi connectivity index (χ1v) is 21.6. The van der Waals surface area contributed by atoms with E-state index in [1.54, 1.807) is 0 Å². The van der Waals surface area contributed by atoms with Gasteiger partial charge in [0.05, 0.1) is 0 Å². The number of carbonyl (C=O) groups excluding carboxylic acids is 3. The van der Waals surface area contributed by atoms with Crippen molar-refractivity contribution >= 4 is 17.9 Å². The van der Waals surface area contributed by atoms with Crippen LogP contribution in [0, 0.1) is 0 Å². The summed E-state index contributed by atoms with van der Waals surface area (Å²) in [5.41, 5.74) is 0. The molecule has 0 amide bonds. The Hall–Kier alpha value is -2.63. The van der Waals surface area contributed by atoms with E-state index in [-0.39, 0.29) is 31.6 Å². The molecular weight excluding hydrogens is 648 g/mol. The molecule has 0 rings (SSSR count). The van der Waals surface area contributed by atoms with E-state index in [0.29, 0.717) is 19.3 Å². The van der Waals surface area contributed by atoms with Crippen molar-refractivity contribution in [2.75, 3.05) is 13.2 Å². The molecule has 1 unspecified atom stereocenters. The highest BCUT2D eigenvalue weighted by Gasteiger charge is 2.19. The van der Waals surface area contributed by atoms with E-state index >= 15 is 0 Å². The van der Waals surface area contributed by atoms with Crippen molar-refractivity contribution < 1.29 is 28.6 Å². The van der Waals surface area contributed by atoms with Gasteiger partial charge in [-0.25, -0.2) is 0 Å². The highest BCUT2D eigenvalue weighted by molar-refractivity contribution is 5.71. The van der Waals surface area contributed by atoms with Crippen LogP contribution in [-0.2, 0) is 28.6 Å². The zero-order chi connectivity index (χ0) is 38.0. The summed E-state index contributed by atoms with van der Waals surface area (Å²) >= 11 is 0. The summed E-state index contributed by atoms with van der Waals surface area (Å²) in [6.07, 6.45) is 46.9. The zero-order valence-electron chi connectivity index (χ0n) is 34.1. The van der Waals surface area contributed by atoms with Gasteiger partial charge in [-0.1, -0.05) is 191 Å². The van der Waals surface area contributed by atoms with E-state index in [0.717, 1.165) is 64.2 Å². The monoisotopic (exact) mass is 729 g/mol. The van der Waals surface area contributed by atoms with Crippen LogP contribution in [0.5, 0.6) is 0 Å². The lowest BCUT2D eigenvalue weighted by Crippen LogP contribution is -2.30. The molecule has 6 nitrogen and oxygen atoms in total. The van der Waals surface area contributed by atoms with Crippen LogP contribution in [0.2, 0.25) is 0 Å². The largest absolute Gasteiger partial charge is 0.462 e. The van der Waals surface area contributed by atoms with Gasteiger partial charge < -0.3 is 14.2 Å². The molecule has 0 spiro atoms. The second-order valence-corrected chi connectivity index (χ2v) is 14.2. The Labute approximate surface area is 320 Å². The van der Waals surface area contributed by atoms with Crippen molar-refractivity contribution in [3.63, 3.8) is 0 Å². The minimum Gasteiger partial charge on any atom is -0.462 e. The molecule has 52 heavy (non-hydrogen) atoms. The van der Waals surface area contributed by atoms with Crippen LogP contribution in [0.25, 0.3) is 0 Å². The molecule has 0 saturated heterocycles. The smallest absolute Gasteiger partial charge is 0.306 e. The number of hydrogen-bond donors (Lipinski definition) is 0. The number of allylic oxidation sites excluding steroid dienone is 8. The molecule has 0 fully saturated rings. The number of hydrogen-bond acceptors (Lipinski definition) is 6. The molecule has 0 aromatic carbocycles. The SMILES string of the molecule is CC/C=C\C/C=C\C/C=C\C/C=C\CCC(=O)OC(COC(=O)CCCCCCCCC)COC(=O)CCCCCCCCCCCCCCCC. The number of unbranched alkanes of at least 4 members (excludes halogenated alkanes) is 19. The lowest BCUT2D eigenvalue weighted by atomic mass is 10.0. The fourth-order valence-corrected chi connectivity index (χ4v) is 5.87. The molecular formula is C46H80O6. The first-order valence-electron chi connectivity index (χ1n) is 21.6. The predicted molar refractivity (Wildman–Crippen MR) is 219 cm³/mol. The Morgan fingerprint density at radius 1 is 0.404 bits per heavy atom. The maximum absolute atomic E-state index is 12.6. The van der Waals surface area contributed by atoms with Gasteiger partial charge in [-0.15, -0.1) is 0 Å². The van der Waals surface area contributed by atoms with Gasteiger partial charge >= 0.3 is 17.9 Å². The Morgan fingerprint density at radius 2 is 0.750 bits per heavy atom. The Bertz CT molecular complexity index is 933. The average Bonchev–Trinajstić information content (AvgIpc) is 3.14. The molecule has 0 aromatic rings. The molecule has 1 atom stereocenters. The van der Waals surface area contributed by atoms with Gasteiger partial charge in [-0.3, -0.25) is 14.4 Å². The van der Waals surface area contributed by atoms with Crippen LogP contribution in [0.15, 0.2) is 48.6 Å². The van der Waals surface area contributed by atoms with Crippen molar-refractivity contribution in [3.8, 4) is 0 Å². The molecule has 0 radical (unpaired) electrons. The molecule has 6 heteroatoms. The van der Waals surface area contributed by atoms with E-state index in [2.05, 4.69) is 57.2 Å². The minimum absolute atomic E-state index is 0.0993. The maximum Gasteiger partial charge on any atom is 0.306 e. The van der Waals surface area contributed by atoms with Crippen LogP contribution < -0.4 is 0 Å². The Balaban J connectivity index is 4.41. The summed E-state index contributed by atoms with van der Waals surface area (Å²) in [5.74, 6) is -0.990. The average molecular weight is 729 g/mol. The zero-order valence-corrected chi connectivity index (χ0v) is 34.1. The van der Waals surface area contributed by atoms with Gasteiger partial charge in [0.15, 0.2) is 6.10 Å². The van der Waals surface area contributed by atoms with Gasteiger partial charge in [-0.05, 0) is 44.9 Å². The Morgan fingerprint density at radius 3 is 1.13 bits per heavy atom. The van der Waals surface area contributed by atoms with E-state index in [4.69, 9.17) is 14.2 Å². The topological polar surface area (TPSA) is 78.9 Å². The quantitative estimate of drug-likeness (QED) is 0.0272. The standard InChI is InChI=1S/C46H80O6/c1-4-7-10-13-16-18-20-22-24-25-27-30-33-36-39-45(48)51-42-43(41-50-44(47)38-35-32-29-15-12-9-6-3)52-46(49)40-37-34-31-28-26-23-21-19-17-14-11-8-5-2/h8,11,17,19,23,26,31,34,43H,4-7,9-10,12-16,18,20-22,24-25,27-30,32-33,35-42H2,1-3H3/b11-8-,19-17-,26-23-,34-31-. The second-order valence-electron chi connectivity index (χ2n) is 14.2. The van der Waals surface area contributed by atoms with Crippen molar-refractivity contribution in [2.45, 2.75) is 213 Å². The molecule has 0 aliphatic heterocycles. The number of esters is 3. The van der Waals surface area contributed by atoms with Crippen LogP contribution in [0.4, 0.5) is 0 Å². The summed E-state index contributed by atoms with van der Waals surface area (Å²) in [6.45, 7) is 6.40. The number of carbonyl (C=O) groups is 3. The first kappa shape index (κ1) is 49.4. The summed E-state index contributed by atoms with van der Waals surface area (Å²) in [5, 5.41) is 0. The van der Waals surface area contributed by atoms with Crippen LogP contribution in [-0.4, -0.2) is 37.2 Å². The lowest BCUT2D eigenvalue weighted by Gasteiger charge is -2.18.